The van der Waals surface area contributed by atoms with E-state index in [4.69, 9.17) is 11.6 Å². The third kappa shape index (κ3) is 4.62. The SMILES string of the molecule is Cc1cc(C)c2ncc(NC(=O)C=Cc3cc(C)c(O)c(C)c3)c(-c3ccccc3Cl)c2c1. The molecule has 0 unspecified atom stereocenters. The predicted molar refractivity (Wildman–Crippen MR) is 137 cm³/mol. The van der Waals surface area contributed by atoms with E-state index < -0.39 is 0 Å². The Morgan fingerprint density at radius 3 is 2.39 bits per heavy atom. The fourth-order valence-corrected chi connectivity index (χ4v) is 4.37. The normalized spacial score (nSPS) is 11.3. The Morgan fingerprint density at radius 2 is 1.70 bits per heavy atom. The number of anilines is 1. The number of phenolic OH excluding ortho intramolecular Hbond substituents is 1. The molecular formula is C28H25ClN2O2. The summed E-state index contributed by atoms with van der Waals surface area (Å²) in [7, 11) is 0. The summed E-state index contributed by atoms with van der Waals surface area (Å²) in [5.74, 6) is -0.00832. The number of aromatic nitrogens is 1. The first-order chi connectivity index (χ1) is 15.7. The molecule has 166 valence electrons. The van der Waals surface area contributed by atoms with Crippen molar-refractivity contribution in [1.82, 2.24) is 4.98 Å². The third-order valence-corrected chi connectivity index (χ3v) is 5.98. The summed E-state index contributed by atoms with van der Waals surface area (Å²) in [6.07, 6.45) is 4.89. The van der Waals surface area contributed by atoms with Gasteiger partial charge in [-0.15, -0.1) is 0 Å². The zero-order chi connectivity index (χ0) is 23.7. The minimum atomic E-state index is -0.280. The number of hydrogen-bond donors (Lipinski definition) is 2. The van der Waals surface area contributed by atoms with E-state index in [1.54, 1.807) is 12.3 Å². The first-order valence-corrected chi connectivity index (χ1v) is 11.1. The third-order valence-electron chi connectivity index (χ3n) is 5.65. The maximum atomic E-state index is 12.9. The zero-order valence-electron chi connectivity index (χ0n) is 19.0. The van der Waals surface area contributed by atoms with Gasteiger partial charge >= 0.3 is 0 Å². The van der Waals surface area contributed by atoms with Gasteiger partial charge in [-0.3, -0.25) is 9.78 Å². The van der Waals surface area contributed by atoms with Gasteiger partial charge < -0.3 is 10.4 Å². The molecule has 4 rings (SSSR count). The van der Waals surface area contributed by atoms with Gasteiger partial charge in [0.25, 0.3) is 0 Å². The fraction of sp³-hybridized carbons (Fsp3) is 0.143. The second-order valence-corrected chi connectivity index (χ2v) is 8.74. The Balaban J connectivity index is 1.77. The van der Waals surface area contributed by atoms with Crippen molar-refractivity contribution in [3.8, 4) is 16.9 Å². The van der Waals surface area contributed by atoms with E-state index in [1.807, 2.05) is 64.1 Å². The van der Waals surface area contributed by atoms with Crippen LogP contribution in [0.5, 0.6) is 5.75 Å². The van der Waals surface area contributed by atoms with Gasteiger partial charge in [-0.2, -0.15) is 0 Å². The molecule has 0 spiro atoms. The number of carbonyl (C=O) groups is 1. The van der Waals surface area contributed by atoms with Gasteiger partial charge in [0.15, 0.2) is 0 Å². The number of hydrogen-bond acceptors (Lipinski definition) is 3. The summed E-state index contributed by atoms with van der Waals surface area (Å²) in [6.45, 7) is 7.74. The summed E-state index contributed by atoms with van der Waals surface area (Å²) in [5, 5.41) is 14.5. The van der Waals surface area contributed by atoms with Crippen LogP contribution in [0.2, 0.25) is 5.02 Å². The van der Waals surface area contributed by atoms with Crippen LogP contribution < -0.4 is 5.32 Å². The lowest BCUT2D eigenvalue weighted by molar-refractivity contribution is -0.111. The Labute approximate surface area is 198 Å². The molecule has 0 aliphatic heterocycles. The molecule has 33 heavy (non-hydrogen) atoms. The molecule has 0 radical (unpaired) electrons. The predicted octanol–water partition coefficient (Wildman–Crippen LogP) is 7.15. The lowest BCUT2D eigenvalue weighted by Crippen LogP contribution is -2.10. The summed E-state index contributed by atoms with van der Waals surface area (Å²) >= 11 is 6.56. The number of aromatic hydroxyl groups is 1. The topological polar surface area (TPSA) is 62.2 Å². The summed E-state index contributed by atoms with van der Waals surface area (Å²) in [5.41, 5.74) is 7.68. The van der Waals surface area contributed by atoms with Crippen molar-refractivity contribution in [2.24, 2.45) is 0 Å². The minimum Gasteiger partial charge on any atom is -0.507 e. The van der Waals surface area contributed by atoms with Crippen LogP contribution in [0.25, 0.3) is 28.1 Å². The Morgan fingerprint density at radius 1 is 1.00 bits per heavy atom. The average Bonchev–Trinajstić information content (AvgIpc) is 2.76. The monoisotopic (exact) mass is 456 g/mol. The van der Waals surface area contributed by atoms with Gasteiger partial charge in [0, 0.05) is 27.6 Å². The lowest BCUT2D eigenvalue weighted by Gasteiger charge is -2.16. The number of pyridine rings is 1. The number of rotatable bonds is 4. The van der Waals surface area contributed by atoms with Crippen LogP contribution in [0, 0.1) is 27.7 Å². The average molecular weight is 457 g/mol. The highest BCUT2D eigenvalue weighted by atomic mass is 35.5. The Kier molecular flexibility index (Phi) is 6.21. The molecule has 3 aromatic carbocycles. The van der Waals surface area contributed by atoms with E-state index >= 15 is 0 Å². The number of amides is 1. The van der Waals surface area contributed by atoms with Crippen molar-refractivity contribution >= 4 is 40.2 Å². The molecule has 4 aromatic rings. The molecule has 4 nitrogen and oxygen atoms in total. The van der Waals surface area contributed by atoms with Gasteiger partial charge in [0.05, 0.1) is 17.4 Å². The molecule has 0 aliphatic carbocycles. The van der Waals surface area contributed by atoms with Crippen LogP contribution in [0.15, 0.2) is 60.8 Å². The molecule has 1 aromatic heterocycles. The Hall–Kier alpha value is -3.63. The Bertz CT molecular complexity index is 1400. The number of aryl methyl sites for hydroxylation is 4. The molecule has 1 amide bonds. The number of phenols is 1. The number of carbonyl (C=O) groups excluding carboxylic acids is 1. The summed E-state index contributed by atoms with van der Waals surface area (Å²) in [6, 6.07) is 15.4. The van der Waals surface area contributed by atoms with Crippen LogP contribution in [0.3, 0.4) is 0 Å². The second-order valence-electron chi connectivity index (χ2n) is 8.33. The largest absolute Gasteiger partial charge is 0.507 e. The smallest absolute Gasteiger partial charge is 0.248 e. The van der Waals surface area contributed by atoms with E-state index in [0.717, 1.165) is 49.8 Å². The number of nitrogens with one attached hydrogen (secondary N) is 1. The van der Waals surface area contributed by atoms with Gasteiger partial charge in [0.1, 0.15) is 5.75 Å². The van der Waals surface area contributed by atoms with Crippen LogP contribution in [0.1, 0.15) is 27.8 Å². The highest BCUT2D eigenvalue weighted by Crippen LogP contribution is 2.39. The number of fused-ring (bicyclic) bond motifs is 1. The van der Waals surface area contributed by atoms with Crippen LogP contribution >= 0.6 is 11.6 Å². The molecule has 1 heterocycles. The first-order valence-electron chi connectivity index (χ1n) is 10.7. The van der Waals surface area contributed by atoms with E-state index in [1.165, 1.54) is 6.08 Å². The van der Waals surface area contributed by atoms with E-state index in [9.17, 15) is 9.90 Å². The summed E-state index contributed by atoms with van der Waals surface area (Å²) in [4.78, 5) is 17.5. The van der Waals surface area contributed by atoms with Crippen molar-refractivity contribution in [2.45, 2.75) is 27.7 Å². The van der Waals surface area contributed by atoms with Crippen LogP contribution in [0.4, 0.5) is 5.69 Å². The maximum absolute atomic E-state index is 12.9. The van der Waals surface area contributed by atoms with Gasteiger partial charge in [-0.05, 0) is 80.3 Å². The molecule has 0 atom stereocenters. The molecule has 0 saturated heterocycles. The molecule has 5 heteroatoms. The maximum Gasteiger partial charge on any atom is 0.248 e. The van der Waals surface area contributed by atoms with Gasteiger partial charge in [-0.1, -0.05) is 41.4 Å². The van der Waals surface area contributed by atoms with E-state index in [2.05, 4.69) is 22.4 Å². The molecular weight excluding hydrogens is 432 g/mol. The van der Waals surface area contributed by atoms with Crippen LogP contribution in [-0.2, 0) is 4.79 Å². The van der Waals surface area contributed by atoms with E-state index in [0.29, 0.717) is 10.7 Å². The standard InChI is InChI=1S/C28H25ClN2O2/c1-16-11-17(2)27-22(12-16)26(21-7-5-6-8-23(21)29)24(15-30-27)31-25(32)10-9-20-13-18(3)28(33)19(4)14-20/h5-15,33H,1-4H3,(H,31,32). The highest BCUT2D eigenvalue weighted by Gasteiger charge is 2.16. The summed E-state index contributed by atoms with van der Waals surface area (Å²) < 4.78 is 0. The van der Waals surface area contributed by atoms with Crippen molar-refractivity contribution in [3.63, 3.8) is 0 Å². The fourth-order valence-electron chi connectivity index (χ4n) is 4.14. The number of nitrogens with zero attached hydrogens (tertiary/aromatic N) is 1. The van der Waals surface area contributed by atoms with E-state index in [-0.39, 0.29) is 11.7 Å². The first kappa shape index (κ1) is 22.6. The minimum absolute atomic E-state index is 0.272. The van der Waals surface area contributed by atoms with Crippen molar-refractivity contribution in [3.05, 3.63) is 93.6 Å². The van der Waals surface area contributed by atoms with Gasteiger partial charge in [0.2, 0.25) is 5.91 Å². The van der Waals surface area contributed by atoms with Gasteiger partial charge in [-0.25, -0.2) is 0 Å². The lowest BCUT2D eigenvalue weighted by atomic mass is 9.96. The van der Waals surface area contributed by atoms with Crippen molar-refractivity contribution in [2.75, 3.05) is 5.32 Å². The molecule has 0 bridgehead atoms. The molecule has 0 fully saturated rings. The van der Waals surface area contributed by atoms with Crippen LogP contribution in [-0.4, -0.2) is 16.0 Å². The molecule has 0 saturated carbocycles. The van der Waals surface area contributed by atoms with Crippen molar-refractivity contribution < 1.29 is 9.90 Å². The molecule has 0 aliphatic rings. The zero-order valence-corrected chi connectivity index (χ0v) is 19.8. The quantitative estimate of drug-likeness (QED) is 0.320. The highest BCUT2D eigenvalue weighted by molar-refractivity contribution is 6.34. The number of halogens is 1. The van der Waals surface area contributed by atoms with Crippen molar-refractivity contribution in [1.29, 1.82) is 0 Å². The number of benzene rings is 3. The second kappa shape index (κ2) is 9.08. The molecule has 2 N–H and O–H groups in total.